The van der Waals surface area contributed by atoms with E-state index in [1.807, 2.05) is 12.1 Å². The largest absolute Gasteiger partial charge is 0.464 e. The molecule has 0 aliphatic carbocycles. The molecule has 36 heavy (non-hydrogen) atoms. The molecule has 1 heterocycles. The van der Waals surface area contributed by atoms with E-state index >= 15 is 0 Å². The summed E-state index contributed by atoms with van der Waals surface area (Å²) >= 11 is 0. The van der Waals surface area contributed by atoms with Crippen LogP contribution < -0.4 is 10.4 Å². The lowest BCUT2D eigenvalue weighted by Crippen LogP contribution is -2.66. The number of esters is 1. The summed E-state index contributed by atoms with van der Waals surface area (Å²) < 4.78 is 17.3. The summed E-state index contributed by atoms with van der Waals surface area (Å²) in [5.41, 5.74) is 1.18. The highest BCUT2D eigenvalue weighted by atomic mass is 28.4. The SMILES string of the molecule is CCCC/C(CCO[Si](c1ccccc1)(c1ccccc1)C(C)(C)C)=C(\C(=O)OC)N1CCOC1=O. The van der Waals surface area contributed by atoms with E-state index in [4.69, 9.17) is 13.9 Å². The summed E-state index contributed by atoms with van der Waals surface area (Å²) in [6.07, 6.45) is 2.58. The molecule has 1 fully saturated rings. The van der Waals surface area contributed by atoms with E-state index < -0.39 is 20.4 Å². The summed E-state index contributed by atoms with van der Waals surface area (Å²) in [6, 6.07) is 21.0. The number of carbonyl (C=O) groups is 2. The highest BCUT2D eigenvalue weighted by molar-refractivity contribution is 6.99. The quantitative estimate of drug-likeness (QED) is 0.242. The molecule has 1 aliphatic rings. The number of benzene rings is 2. The molecule has 3 rings (SSSR count). The van der Waals surface area contributed by atoms with Crippen LogP contribution in [0, 0.1) is 0 Å². The van der Waals surface area contributed by atoms with Gasteiger partial charge in [-0.25, -0.2) is 9.59 Å². The Hall–Kier alpha value is -2.90. The summed E-state index contributed by atoms with van der Waals surface area (Å²) in [7, 11) is -1.36. The monoisotopic (exact) mass is 509 g/mol. The predicted molar refractivity (Wildman–Crippen MR) is 145 cm³/mol. The van der Waals surface area contributed by atoms with Crippen LogP contribution >= 0.6 is 0 Å². The van der Waals surface area contributed by atoms with Crippen molar-refractivity contribution in [1.29, 1.82) is 0 Å². The van der Waals surface area contributed by atoms with E-state index in [1.165, 1.54) is 22.4 Å². The Morgan fingerprint density at radius 2 is 1.58 bits per heavy atom. The van der Waals surface area contributed by atoms with Crippen molar-refractivity contribution < 1.29 is 23.5 Å². The number of carbonyl (C=O) groups excluding carboxylic acids is 2. The molecule has 7 heteroatoms. The Kier molecular flexibility index (Phi) is 9.51. The van der Waals surface area contributed by atoms with E-state index in [-0.39, 0.29) is 11.6 Å². The Morgan fingerprint density at radius 3 is 2.03 bits per heavy atom. The molecule has 6 nitrogen and oxygen atoms in total. The van der Waals surface area contributed by atoms with Crippen molar-refractivity contribution in [2.75, 3.05) is 26.9 Å². The maximum absolute atomic E-state index is 12.8. The zero-order valence-electron chi connectivity index (χ0n) is 22.2. The normalized spacial score (nSPS) is 14.9. The highest BCUT2D eigenvalue weighted by Gasteiger charge is 2.50. The molecule has 1 aliphatic heterocycles. The van der Waals surface area contributed by atoms with Gasteiger partial charge in [0, 0.05) is 6.61 Å². The Balaban J connectivity index is 2.02. The van der Waals surface area contributed by atoms with Gasteiger partial charge in [0.1, 0.15) is 12.3 Å². The molecule has 194 valence electrons. The standard InChI is InChI=1S/C29H39NO5Si/c1-6-7-14-23(26(27(31)33-5)30-20-22-34-28(30)32)19-21-35-36(29(2,3)4,24-15-10-8-11-16-24)25-17-12-9-13-18-25/h8-13,15-18H,6-7,14,19-22H2,1-5H3/b26-23-. The Bertz CT molecular complexity index is 1010. The van der Waals surface area contributed by atoms with Gasteiger partial charge in [-0.3, -0.25) is 4.90 Å². The fraction of sp³-hybridized carbons (Fsp3) is 0.448. The molecule has 2 aromatic rings. The molecule has 0 spiro atoms. The van der Waals surface area contributed by atoms with Crippen molar-refractivity contribution in [1.82, 2.24) is 4.90 Å². The Labute approximate surface area is 216 Å². The van der Waals surface area contributed by atoms with Crippen molar-refractivity contribution in [3.8, 4) is 0 Å². The first-order chi connectivity index (χ1) is 17.3. The third-order valence-electron chi connectivity index (χ3n) is 6.72. The molecule has 0 radical (unpaired) electrons. The van der Waals surface area contributed by atoms with Gasteiger partial charge in [0.25, 0.3) is 8.32 Å². The summed E-state index contributed by atoms with van der Waals surface area (Å²) in [5, 5.41) is 2.27. The van der Waals surface area contributed by atoms with Crippen LogP contribution in [0.4, 0.5) is 4.79 Å². The zero-order chi connectivity index (χ0) is 26.2. The first-order valence-corrected chi connectivity index (χ1v) is 14.7. The lowest BCUT2D eigenvalue weighted by Gasteiger charge is -2.43. The number of nitrogens with zero attached hydrogens (tertiary/aromatic N) is 1. The van der Waals surface area contributed by atoms with Gasteiger partial charge in [0.2, 0.25) is 0 Å². The van der Waals surface area contributed by atoms with E-state index in [0.717, 1.165) is 18.4 Å². The minimum atomic E-state index is -2.71. The van der Waals surface area contributed by atoms with Crippen molar-refractivity contribution >= 4 is 30.8 Å². The Morgan fingerprint density at radius 1 is 1.00 bits per heavy atom. The number of cyclic esters (lactones) is 1. The molecule has 0 atom stereocenters. The van der Waals surface area contributed by atoms with Gasteiger partial charge in [0.05, 0.1) is 13.7 Å². The molecule has 0 saturated carbocycles. The average Bonchev–Trinajstić information content (AvgIpc) is 3.30. The van der Waals surface area contributed by atoms with Crippen LogP contribution in [0.1, 0.15) is 53.4 Å². The molecule has 1 saturated heterocycles. The van der Waals surface area contributed by atoms with Crippen LogP contribution in [0.25, 0.3) is 0 Å². The topological polar surface area (TPSA) is 65.1 Å². The van der Waals surface area contributed by atoms with Crippen LogP contribution in [-0.4, -0.2) is 52.1 Å². The fourth-order valence-electron chi connectivity index (χ4n) is 4.98. The van der Waals surface area contributed by atoms with Crippen LogP contribution in [0.3, 0.4) is 0 Å². The molecular formula is C29H39NO5Si. The smallest absolute Gasteiger partial charge is 0.414 e. The highest BCUT2D eigenvalue weighted by Crippen LogP contribution is 2.37. The van der Waals surface area contributed by atoms with Crippen LogP contribution in [0.5, 0.6) is 0 Å². The first-order valence-electron chi connectivity index (χ1n) is 12.8. The molecule has 0 aromatic heterocycles. The zero-order valence-corrected chi connectivity index (χ0v) is 23.2. The maximum atomic E-state index is 12.8. The van der Waals surface area contributed by atoms with Crippen molar-refractivity contribution in [3.63, 3.8) is 0 Å². The van der Waals surface area contributed by atoms with Gasteiger partial charge >= 0.3 is 12.1 Å². The van der Waals surface area contributed by atoms with Gasteiger partial charge in [-0.05, 0) is 40.2 Å². The summed E-state index contributed by atoms with van der Waals surface area (Å²) in [4.78, 5) is 26.7. The lowest BCUT2D eigenvalue weighted by atomic mass is 10.0. The third-order valence-corrected chi connectivity index (χ3v) is 11.8. The number of hydrogen-bond donors (Lipinski definition) is 0. The van der Waals surface area contributed by atoms with E-state index in [9.17, 15) is 9.59 Å². The second-order valence-corrected chi connectivity index (χ2v) is 14.4. The number of unbranched alkanes of at least 4 members (excludes halogenated alkanes) is 1. The summed E-state index contributed by atoms with van der Waals surface area (Å²) in [5.74, 6) is -0.509. The van der Waals surface area contributed by atoms with Gasteiger partial charge in [-0.15, -0.1) is 0 Å². The van der Waals surface area contributed by atoms with Gasteiger partial charge in [0.15, 0.2) is 0 Å². The minimum absolute atomic E-state index is 0.146. The van der Waals surface area contributed by atoms with E-state index in [0.29, 0.717) is 31.7 Å². The third kappa shape index (κ3) is 5.90. The van der Waals surface area contributed by atoms with Crippen molar-refractivity contribution in [2.24, 2.45) is 0 Å². The lowest BCUT2D eigenvalue weighted by molar-refractivity contribution is -0.137. The van der Waals surface area contributed by atoms with Crippen molar-refractivity contribution in [2.45, 2.75) is 58.4 Å². The molecule has 0 unspecified atom stereocenters. The van der Waals surface area contributed by atoms with Gasteiger partial charge in [-0.1, -0.05) is 94.8 Å². The first kappa shape index (κ1) is 27.7. The maximum Gasteiger partial charge on any atom is 0.414 e. The number of hydrogen-bond acceptors (Lipinski definition) is 5. The molecule has 0 N–H and O–H groups in total. The predicted octanol–water partition coefficient (Wildman–Crippen LogP) is 5.02. The van der Waals surface area contributed by atoms with Gasteiger partial charge < -0.3 is 13.9 Å². The van der Waals surface area contributed by atoms with Crippen LogP contribution in [0.2, 0.25) is 5.04 Å². The fourth-order valence-corrected chi connectivity index (χ4v) is 9.54. The van der Waals surface area contributed by atoms with E-state index in [2.05, 4.69) is 76.2 Å². The van der Waals surface area contributed by atoms with Crippen LogP contribution in [-0.2, 0) is 18.7 Å². The summed E-state index contributed by atoms with van der Waals surface area (Å²) in [6.45, 7) is 9.87. The van der Waals surface area contributed by atoms with E-state index in [1.54, 1.807) is 0 Å². The van der Waals surface area contributed by atoms with Crippen molar-refractivity contribution in [3.05, 3.63) is 71.9 Å². The number of amides is 1. The number of rotatable bonds is 11. The second-order valence-electron chi connectivity index (χ2n) is 10.1. The number of ether oxygens (including phenoxy) is 2. The molecule has 2 aromatic carbocycles. The molecular weight excluding hydrogens is 470 g/mol. The van der Waals surface area contributed by atoms with Crippen LogP contribution in [0.15, 0.2) is 71.9 Å². The average molecular weight is 510 g/mol. The van der Waals surface area contributed by atoms with Gasteiger partial charge in [-0.2, -0.15) is 0 Å². The second kappa shape index (κ2) is 12.4. The number of methoxy groups -OCH3 is 1. The molecule has 1 amide bonds. The minimum Gasteiger partial charge on any atom is -0.464 e. The molecule has 0 bridgehead atoms.